The minimum atomic E-state index is -4.07. The predicted octanol–water partition coefficient (Wildman–Crippen LogP) is 2.22. The number of hydrogen-bond donors (Lipinski definition) is 2. The Morgan fingerprint density at radius 2 is 2.06 bits per heavy atom. The van der Waals surface area contributed by atoms with Gasteiger partial charge < -0.3 is 24.5 Å². The third kappa shape index (κ3) is 7.12. The first-order chi connectivity index (χ1) is 16.2. The van der Waals surface area contributed by atoms with Gasteiger partial charge in [-0.05, 0) is 38.5 Å². The molecule has 3 N–H and O–H groups in total. The van der Waals surface area contributed by atoms with E-state index in [0.29, 0.717) is 6.42 Å². The quantitative estimate of drug-likeness (QED) is 0.348. The first-order valence-corrected chi connectivity index (χ1v) is 12.3. The number of carbonyl (C=O) groups excluding carboxylic acids is 1. The van der Waals surface area contributed by atoms with Crippen LogP contribution in [0.25, 0.3) is 0 Å². The van der Waals surface area contributed by atoms with Crippen molar-refractivity contribution in [1.29, 1.82) is 0 Å². The van der Waals surface area contributed by atoms with Gasteiger partial charge in [-0.2, -0.15) is 10.1 Å². The van der Waals surface area contributed by atoms with E-state index >= 15 is 0 Å². The van der Waals surface area contributed by atoms with Crippen molar-refractivity contribution >= 4 is 19.5 Å². The summed E-state index contributed by atoms with van der Waals surface area (Å²) < 4.78 is 42.3. The van der Waals surface area contributed by atoms with Crippen LogP contribution in [0.5, 0.6) is 5.75 Å². The highest BCUT2D eigenvalue weighted by Gasteiger charge is 2.36. The number of nitrogens with zero attached hydrogens (tertiary/aromatic N) is 2. The van der Waals surface area contributed by atoms with E-state index in [1.807, 2.05) is 6.92 Å². The first kappa shape index (κ1) is 25.9. The molecule has 1 saturated heterocycles. The fourth-order valence-electron chi connectivity index (χ4n) is 2.86. The number of aromatic nitrogens is 2. The summed E-state index contributed by atoms with van der Waals surface area (Å²) in [5.74, 6) is -0.240. The molecule has 5 atom stereocenters. The van der Waals surface area contributed by atoms with Crippen molar-refractivity contribution in [2.75, 3.05) is 18.9 Å². The molecule has 186 valence electrons. The van der Waals surface area contributed by atoms with Gasteiger partial charge in [-0.3, -0.25) is 13.9 Å². The van der Waals surface area contributed by atoms with Crippen molar-refractivity contribution in [3.8, 4) is 5.75 Å². The van der Waals surface area contributed by atoms with Crippen LogP contribution in [0.2, 0.25) is 0 Å². The maximum Gasteiger partial charge on any atom is 0.459 e. The molecule has 12 nitrogen and oxygen atoms in total. The van der Waals surface area contributed by atoms with E-state index in [-0.39, 0.29) is 30.9 Å². The van der Waals surface area contributed by atoms with Gasteiger partial charge in [-0.1, -0.05) is 25.1 Å². The van der Waals surface area contributed by atoms with Crippen LogP contribution in [-0.2, 0) is 28.1 Å². The summed E-state index contributed by atoms with van der Waals surface area (Å²) in [6, 6.07) is 8.84. The Balaban J connectivity index is 1.66. The molecule has 0 saturated carbocycles. The normalized spacial score (nSPS) is 21.4. The summed E-state index contributed by atoms with van der Waals surface area (Å²) >= 11 is 0. The van der Waals surface area contributed by atoms with Gasteiger partial charge in [-0.25, -0.2) is 9.36 Å². The summed E-state index contributed by atoms with van der Waals surface area (Å²) in [5, 5.41) is 2.60. The smallest absolute Gasteiger partial charge is 0.459 e. The van der Waals surface area contributed by atoms with Gasteiger partial charge in [-0.15, -0.1) is 0 Å². The molecule has 2 aromatic rings. The summed E-state index contributed by atoms with van der Waals surface area (Å²) in [6.07, 6.45) is 0.0669. The molecule has 3 rings (SSSR count). The Morgan fingerprint density at radius 1 is 1.32 bits per heavy atom. The molecule has 34 heavy (non-hydrogen) atoms. The molecule has 1 fully saturated rings. The SMILES string of the molecule is CC[C@@H](C)OC(=O)[C@H](C)NP(=O)(OC[C@H]1OC[C@@H](n2ccc(N)nc2=O)O1)Oc1ccccc1. The number of nitrogens with two attached hydrogens (primary N) is 1. The van der Waals surface area contributed by atoms with E-state index in [2.05, 4.69) is 10.1 Å². The Morgan fingerprint density at radius 3 is 2.74 bits per heavy atom. The molecular weight excluding hydrogens is 467 g/mol. The second-order valence-electron chi connectivity index (χ2n) is 7.60. The maximum absolute atomic E-state index is 13.5. The van der Waals surface area contributed by atoms with E-state index in [1.54, 1.807) is 37.3 Å². The second kappa shape index (κ2) is 11.6. The van der Waals surface area contributed by atoms with Gasteiger partial charge in [0.1, 0.15) is 24.2 Å². The molecule has 1 aromatic heterocycles. The average molecular weight is 496 g/mol. The summed E-state index contributed by atoms with van der Waals surface area (Å²) in [4.78, 5) is 28.0. The fourth-order valence-corrected chi connectivity index (χ4v) is 4.34. The lowest BCUT2D eigenvalue weighted by Crippen LogP contribution is -2.37. The molecule has 1 aromatic carbocycles. The number of benzene rings is 1. The van der Waals surface area contributed by atoms with Gasteiger partial charge in [0.25, 0.3) is 0 Å². The molecule has 0 radical (unpaired) electrons. The van der Waals surface area contributed by atoms with Crippen molar-refractivity contribution < 1.29 is 32.6 Å². The Bertz CT molecular complexity index is 1070. The largest absolute Gasteiger partial charge is 0.462 e. The number of hydrogen-bond acceptors (Lipinski definition) is 10. The van der Waals surface area contributed by atoms with Crippen LogP contribution in [0.15, 0.2) is 47.4 Å². The molecule has 0 spiro atoms. The van der Waals surface area contributed by atoms with E-state index in [9.17, 15) is 14.2 Å². The van der Waals surface area contributed by atoms with E-state index in [0.717, 1.165) is 0 Å². The summed E-state index contributed by atoms with van der Waals surface area (Å²) in [5.41, 5.74) is 4.91. The second-order valence-corrected chi connectivity index (χ2v) is 9.29. The van der Waals surface area contributed by atoms with E-state index in [1.165, 1.54) is 23.8 Å². The zero-order valence-corrected chi connectivity index (χ0v) is 20.1. The number of para-hydroxylation sites is 1. The lowest BCUT2D eigenvalue weighted by atomic mass is 10.3. The fraction of sp³-hybridized carbons (Fsp3) is 0.476. The van der Waals surface area contributed by atoms with Crippen molar-refractivity contribution in [3.63, 3.8) is 0 Å². The van der Waals surface area contributed by atoms with Gasteiger partial charge in [0, 0.05) is 6.20 Å². The number of carbonyl (C=O) groups is 1. The highest BCUT2D eigenvalue weighted by Crippen LogP contribution is 2.45. The molecule has 1 aliphatic rings. The zero-order chi connectivity index (χ0) is 24.7. The van der Waals surface area contributed by atoms with Crippen LogP contribution in [-0.4, -0.2) is 47.2 Å². The maximum atomic E-state index is 13.5. The number of rotatable bonds is 11. The van der Waals surface area contributed by atoms with Crippen molar-refractivity contribution in [2.24, 2.45) is 0 Å². The van der Waals surface area contributed by atoms with Crippen molar-refractivity contribution in [3.05, 3.63) is 53.1 Å². The van der Waals surface area contributed by atoms with Crippen LogP contribution in [0.4, 0.5) is 5.82 Å². The Kier molecular flexibility index (Phi) is 8.81. The number of nitrogen functional groups attached to an aromatic ring is 1. The Hall–Kier alpha value is -2.76. The summed E-state index contributed by atoms with van der Waals surface area (Å²) in [6.45, 7) is 4.86. The first-order valence-electron chi connectivity index (χ1n) is 10.8. The highest BCUT2D eigenvalue weighted by molar-refractivity contribution is 7.52. The van der Waals surface area contributed by atoms with Crippen molar-refractivity contribution in [1.82, 2.24) is 14.6 Å². The number of nitrogens with one attached hydrogen (secondary N) is 1. The summed E-state index contributed by atoms with van der Waals surface area (Å²) in [7, 11) is -4.07. The molecule has 1 unspecified atom stereocenters. The lowest BCUT2D eigenvalue weighted by Gasteiger charge is -2.24. The molecule has 2 heterocycles. The van der Waals surface area contributed by atoms with Crippen LogP contribution in [0.1, 0.15) is 33.4 Å². The van der Waals surface area contributed by atoms with E-state index < -0.39 is 38.0 Å². The van der Waals surface area contributed by atoms with Gasteiger partial charge in [0.15, 0.2) is 12.5 Å². The molecule has 1 aliphatic heterocycles. The standard InChI is InChI=1S/C21H29N4O8P/c1-4-14(2)31-20(26)15(3)24-34(28,33-16-8-6-5-7-9-16)30-13-19-29-12-18(32-19)25-11-10-17(22)23-21(25)27/h5-11,14-15,18-19H,4,12-13H2,1-3H3,(H,24,28)(H2,22,23,27)/t14-,15+,18+,19+,34?/m1/s1. The molecular formula is C21H29N4O8P. The van der Waals surface area contributed by atoms with Gasteiger partial charge in [0.05, 0.1) is 12.7 Å². The lowest BCUT2D eigenvalue weighted by molar-refractivity contribution is -0.150. The molecule has 0 bridgehead atoms. The highest BCUT2D eigenvalue weighted by atomic mass is 31.2. The van der Waals surface area contributed by atoms with Crippen LogP contribution >= 0.6 is 7.75 Å². The number of anilines is 1. The van der Waals surface area contributed by atoms with Crippen LogP contribution < -0.4 is 21.0 Å². The zero-order valence-electron chi connectivity index (χ0n) is 19.2. The van der Waals surface area contributed by atoms with Crippen molar-refractivity contribution in [2.45, 2.75) is 51.9 Å². The number of esters is 1. The monoisotopic (exact) mass is 496 g/mol. The topological polar surface area (TPSA) is 153 Å². The molecule has 0 amide bonds. The van der Waals surface area contributed by atoms with E-state index in [4.69, 9.17) is 29.0 Å². The third-order valence-electron chi connectivity index (χ3n) is 4.84. The average Bonchev–Trinajstić information content (AvgIpc) is 3.27. The Labute approximate surface area is 196 Å². The molecule has 13 heteroatoms. The van der Waals surface area contributed by atoms with Gasteiger partial charge in [0.2, 0.25) is 0 Å². The predicted molar refractivity (Wildman–Crippen MR) is 122 cm³/mol. The van der Waals surface area contributed by atoms with Crippen LogP contribution in [0, 0.1) is 0 Å². The van der Waals surface area contributed by atoms with Crippen LogP contribution in [0.3, 0.4) is 0 Å². The minimum absolute atomic E-state index is 0.0361. The third-order valence-corrected chi connectivity index (χ3v) is 6.49. The molecule has 0 aliphatic carbocycles. The number of ether oxygens (including phenoxy) is 3. The minimum Gasteiger partial charge on any atom is -0.462 e. The van der Waals surface area contributed by atoms with Gasteiger partial charge >= 0.3 is 19.4 Å².